The van der Waals surface area contributed by atoms with Gasteiger partial charge in [-0.2, -0.15) is 0 Å². The van der Waals surface area contributed by atoms with Crippen LogP contribution in [0.3, 0.4) is 0 Å². The Morgan fingerprint density at radius 1 is 1.31 bits per heavy atom. The second-order valence-corrected chi connectivity index (χ2v) is 5.07. The van der Waals surface area contributed by atoms with Crippen molar-refractivity contribution >= 4 is 15.9 Å². The van der Waals surface area contributed by atoms with E-state index in [1.807, 2.05) is 18.2 Å². The van der Waals surface area contributed by atoms with Crippen LogP contribution in [0, 0.1) is 11.8 Å². The lowest BCUT2D eigenvalue weighted by molar-refractivity contribution is 0.0434. The fourth-order valence-electron chi connectivity index (χ4n) is 1.68. The Kier molecular flexibility index (Phi) is 5.95. The van der Waals surface area contributed by atoms with Crippen LogP contribution in [0.5, 0.6) is 0 Å². The molecule has 2 unspecified atom stereocenters. The van der Waals surface area contributed by atoms with Crippen molar-refractivity contribution in [1.29, 1.82) is 0 Å². The molecule has 0 radical (unpaired) electrons. The zero-order chi connectivity index (χ0) is 12.0. The van der Waals surface area contributed by atoms with Crippen LogP contribution in [-0.2, 0) is 0 Å². The van der Waals surface area contributed by atoms with Gasteiger partial charge < -0.3 is 10.4 Å². The lowest BCUT2D eigenvalue weighted by Gasteiger charge is -2.30. The number of pyridine rings is 1. The van der Waals surface area contributed by atoms with Crippen LogP contribution in [0.15, 0.2) is 29.0 Å². The first kappa shape index (κ1) is 13.6. The molecule has 4 heteroatoms. The molecule has 2 atom stereocenters. The highest BCUT2D eigenvalue weighted by Gasteiger charge is 2.24. The number of aromatic nitrogens is 1. The standard InChI is InChI=1S/C7H15NO.C5H4BrN/c1-5-3-8-4-6(2)7(5)9;6-5-3-1-2-4-7-5/h5-9H,3-4H2,1-2H3;1-4H. The first-order valence-electron chi connectivity index (χ1n) is 5.56. The summed E-state index contributed by atoms with van der Waals surface area (Å²) in [5.74, 6) is 0.850. The van der Waals surface area contributed by atoms with E-state index in [1.54, 1.807) is 6.20 Å². The summed E-state index contributed by atoms with van der Waals surface area (Å²) in [4.78, 5) is 3.90. The Bertz CT molecular complexity index is 284. The predicted octanol–water partition coefficient (Wildman–Crippen LogP) is 2.07. The summed E-state index contributed by atoms with van der Waals surface area (Å²) >= 11 is 3.20. The van der Waals surface area contributed by atoms with Gasteiger partial charge >= 0.3 is 0 Å². The molecule has 3 nitrogen and oxygen atoms in total. The molecule has 2 heterocycles. The van der Waals surface area contributed by atoms with Gasteiger partial charge in [0.15, 0.2) is 0 Å². The van der Waals surface area contributed by atoms with E-state index in [1.165, 1.54) is 0 Å². The number of hydrogen-bond donors (Lipinski definition) is 2. The lowest BCUT2D eigenvalue weighted by atomic mass is 9.90. The molecule has 16 heavy (non-hydrogen) atoms. The fourth-order valence-corrected chi connectivity index (χ4v) is 1.95. The van der Waals surface area contributed by atoms with Crippen molar-refractivity contribution in [2.75, 3.05) is 13.1 Å². The summed E-state index contributed by atoms with van der Waals surface area (Å²) in [5.41, 5.74) is 0. The topological polar surface area (TPSA) is 45.2 Å². The maximum atomic E-state index is 9.41. The van der Waals surface area contributed by atoms with Crippen molar-refractivity contribution < 1.29 is 5.11 Å². The van der Waals surface area contributed by atoms with Crippen LogP contribution < -0.4 is 5.32 Å². The maximum Gasteiger partial charge on any atom is 0.106 e. The molecule has 1 aromatic heterocycles. The van der Waals surface area contributed by atoms with Gasteiger partial charge in [-0.25, -0.2) is 4.98 Å². The molecule has 0 saturated carbocycles. The Labute approximate surface area is 105 Å². The summed E-state index contributed by atoms with van der Waals surface area (Å²) in [6.45, 7) is 6.08. The van der Waals surface area contributed by atoms with Crippen molar-refractivity contribution in [1.82, 2.24) is 10.3 Å². The smallest absolute Gasteiger partial charge is 0.106 e. The maximum absolute atomic E-state index is 9.41. The number of nitrogens with zero attached hydrogens (tertiary/aromatic N) is 1. The number of hydrogen-bond acceptors (Lipinski definition) is 3. The van der Waals surface area contributed by atoms with Crippen molar-refractivity contribution in [2.45, 2.75) is 20.0 Å². The Morgan fingerprint density at radius 2 is 1.94 bits per heavy atom. The number of nitrogens with one attached hydrogen (secondary N) is 1. The Balaban J connectivity index is 0.000000165. The quantitative estimate of drug-likeness (QED) is 0.718. The van der Waals surface area contributed by atoms with Crippen LogP contribution >= 0.6 is 15.9 Å². The molecule has 1 saturated heterocycles. The third kappa shape index (κ3) is 4.60. The van der Waals surface area contributed by atoms with Crippen LogP contribution in [0.4, 0.5) is 0 Å². The molecular weight excluding hydrogens is 268 g/mol. The summed E-state index contributed by atoms with van der Waals surface area (Å²) in [6, 6.07) is 5.70. The molecule has 1 aromatic rings. The van der Waals surface area contributed by atoms with E-state index in [-0.39, 0.29) is 6.10 Å². The van der Waals surface area contributed by atoms with E-state index >= 15 is 0 Å². The second-order valence-electron chi connectivity index (χ2n) is 4.26. The van der Waals surface area contributed by atoms with Crippen molar-refractivity contribution in [3.8, 4) is 0 Å². The van der Waals surface area contributed by atoms with Crippen LogP contribution in [0.2, 0.25) is 0 Å². The molecule has 0 aliphatic carbocycles. The van der Waals surface area contributed by atoms with Gasteiger partial charge in [-0.05, 0) is 39.9 Å². The van der Waals surface area contributed by atoms with Gasteiger partial charge in [-0.15, -0.1) is 0 Å². The molecular formula is C12H19BrN2O. The van der Waals surface area contributed by atoms with E-state index in [9.17, 15) is 5.11 Å². The summed E-state index contributed by atoms with van der Waals surface area (Å²) < 4.78 is 0.884. The van der Waals surface area contributed by atoms with Crippen molar-refractivity contribution in [3.63, 3.8) is 0 Å². The van der Waals surface area contributed by atoms with E-state index in [0.29, 0.717) is 11.8 Å². The largest absolute Gasteiger partial charge is 0.392 e. The highest BCUT2D eigenvalue weighted by Crippen LogP contribution is 2.15. The predicted molar refractivity (Wildman–Crippen MR) is 69.1 cm³/mol. The first-order chi connectivity index (χ1) is 7.61. The lowest BCUT2D eigenvalue weighted by Crippen LogP contribution is -2.44. The zero-order valence-electron chi connectivity index (χ0n) is 9.73. The number of aliphatic hydroxyl groups excluding tert-OH is 1. The highest BCUT2D eigenvalue weighted by molar-refractivity contribution is 9.10. The summed E-state index contributed by atoms with van der Waals surface area (Å²) in [7, 11) is 0. The molecule has 1 aliphatic heterocycles. The van der Waals surface area contributed by atoms with Gasteiger partial charge in [0.25, 0.3) is 0 Å². The zero-order valence-corrected chi connectivity index (χ0v) is 11.3. The average Bonchev–Trinajstić information content (AvgIpc) is 2.28. The number of aliphatic hydroxyl groups is 1. The van der Waals surface area contributed by atoms with Crippen molar-refractivity contribution in [3.05, 3.63) is 29.0 Å². The van der Waals surface area contributed by atoms with Crippen molar-refractivity contribution in [2.24, 2.45) is 11.8 Å². The Hall–Kier alpha value is -0.450. The van der Waals surface area contributed by atoms with Crippen LogP contribution in [0.25, 0.3) is 0 Å². The minimum Gasteiger partial charge on any atom is -0.392 e. The molecule has 2 rings (SSSR count). The van der Waals surface area contributed by atoms with Gasteiger partial charge in [0.1, 0.15) is 4.60 Å². The molecule has 0 amide bonds. The number of rotatable bonds is 0. The van der Waals surface area contributed by atoms with Gasteiger partial charge in [-0.3, -0.25) is 0 Å². The Morgan fingerprint density at radius 3 is 2.25 bits per heavy atom. The van der Waals surface area contributed by atoms with E-state index in [0.717, 1.165) is 17.7 Å². The van der Waals surface area contributed by atoms with Gasteiger partial charge in [0.2, 0.25) is 0 Å². The van der Waals surface area contributed by atoms with E-state index in [4.69, 9.17) is 0 Å². The molecule has 2 N–H and O–H groups in total. The van der Waals surface area contributed by atoms with Gasteiger partial charge in [0, 0.05) is 19.3 Å². The fraction of sp³-hybridized carbons (Fsp3) is 0.583. The monoisotopic (exact) mass is 286 g/mol. The summed E-state index contributed by atoms with van der Waals surface area (Å²) in [6.07, 6.45) is 1.65. The normalized spacial score (nSPS) is 29.1. The summed E-state index contributed by atoms with van der Waals surface area (Å²) in [5, 5.41) is 12.7. The third-order valence-corrected chi connectivity index (χ3v) is 3.20. The minimum atomic E-state index is -0.0914. The van der Waals surface area contributed by atoms with E-state index in [2.05, 4.69) is 40.1 Å². The number of halogens is 1. The van der Waals surface area contributed by atoms with Crippen LogP contribution in [-0.4, -0.2) is 29.3 Å². The molecule has 1 aliphatic rings. The molecule has 1 fully saturated rings. The second kappa shape index (κ2) is 6.99. The SMILES string of the molecule is Brc1ccccn1.CC1CNCC(C)C1O. The van der Waals surface area contributed by atoms with Gasteiger partial charge in [0.05, 0.1) is 6.10 Å². The van der Waals surface area contributed by atoms with E-state index < -0.39 is 0 Å². The molecule has 90 valence electrons. The molecule has 0 spiro atoms. The van der Waals surface area contributed by atoms with Crippen LogP contribution in [0.1, 0.15) is 13.8 Å². The first-order valence-corrected chi connectivity index (χ1v) is 6.36. The third-order valence-electron chi connectivity index (χ3n) is 2.73. The number of piperidine rings is 1. The highest BCUT2D eigenvalue weighted by atomic mass is 79.9. The minimum absolute atomic E-state index is 0.0914. The molecule has 0 bridgehead atoms. The molecule has 0 aromatic carbocycles. The average molecular weight is 287 g/mol. The van der Waals surface area contributed by atoms with Gasteiger partial charge in [-0.1, -0.05) is 19.9 Å².